The van der Waals surface area contributed by atoms with Gasteiger partial charge in [-0.2, -0.15) is 5.10 Å². The van der Waals surface area contributed by atoms with Crippen LogP contribution < -0.4 is 10.2 Å². The molecule has 27 heavy (non-hydrogen) atoms. The summed E-state index contributed by atoms with van der Waals surface area (Å²) in [5.74, 6) is 1.66. The van der Waals surface area contributed by atoms with E-state index in [1.807, 2.05) is 19.1 Å². The minimum atomic E-state index is 0.217. The zero-order valence-corrected chi connectivity index (χ0v) is 17.7. The van der Waals surface area contributed by atoms with Crippen LogP contribution in [0.15, 0.2) is 29.4 Å². The number of hydrogen-bond donors (Lipinski definition) is 1. The molecule has 0 radical (unpaired) electrons. The Kier molecular flexibility index (Phi) is 4.53. The van der Waals surface area contributed by atoms with Crippen molar-refractivity contribution in [3.05, 3.63) is 29.1 Å². The van der Waals surface area contributed by atoms with Gasteiger partial charge in [0.05, 0.1) is 12.3 Å². The van der Waals surface area contributed by atoms with Gasteiger partial charge in [0.15, 0.2) is 0 Å². The smallest absolute Gasteiger partial charge is 0.204 e. The SMILES string of the molecule is CCOc1ccc(-c2nc(N/N=C3/C[C@H]4CC[C@@]3(C)C4(C)C)sc2C)cc1. The van der Waals surface area contributed by atoms with Crippen LogP contribution in [0.4, 0.5) is 5.13 Å². The number of nitrogens with zero attached hydrogens (tertiary/aromatic N) is 2. The molecule has 2 aromatic rings. The molecule has 1 aromatic heterocycles. The Hall–Kier alpha value is -1.88. The van der Waals surface area contributed by atoms with Crippen LogP contribution >= 0.6 is 11.3 Å². The Labute approximate surface area is 166 Å². The number of ether oxygens (including phenoxy) is 1. The van der Waals surface area contributed by atoms with Gasteiger partial charge in [0, 0.05) is 21.6 Å². The predicted octanol–water partition coefficient (Wildman–Crippen LogP) is 6.13. The standard InChI is InChI=1S/C22H29N3OS/c1-6-26-17-9-7-15(8-10-17)19-14(2)27-20(23-19)25-24-18-13-16-11-12-22(18,5)21(16,3)4/h7-10,16H,6,11-13H2,1-5H3,(H,23,25)/b24-18-/t16-,22-/m1/s1. The van der Waals surface area contributed by atoms with Crippen LogP contribution in [-0.2, 0) is 0 Å². The van der Waals surface area contributed by atoms with Gasteiger partial charge in [0.25, 0.3) is 0 Å². The maximum atomic E-state index is 5.53. The lowest BCUT2D eigenvalue weighted by molar-refractivity contribution is 0.194. The van der Waals surface area contributed by atoms with Crippen LogP contribution in [0, 0.1) is 23.7 Å². The van der Waals surface area contributed by atoms with Crippen LogP contribution in [0.5, 0.6) is 5.75 Å². The third kappa shape index (κ3) is 2.96. The Bertz CT molecular complexity index is 868. The van der Waals surface area contributed by atoms with Crippen molar-refractivity contribution in [2.45, 2.75) is 53.9 Å². The molecule has 5 heteroatoms. The van der Waals surface area contributed by atoms with E-state index in [1.165, 1.54) is 23.4 Å². The Morgan fingerprint density at radius 3 is 2.59 bits per heavy atom. The van der Waals surface area contributed by atoms with E-state index in [-0.39, 0.29) is 5.41 Å². The van der Waals surface area contributed by atoms with Crippen molar-refractivity contribution in [3.63, 3.8) is 0 Å². The van der Waals surface area contributed by atoms with Crippen LogP contribution in [0.3, 0.4) is 0 Å². The van der Waals surface area contributed by atoms with E-state index >= 15 is 0 Å². The van der Waals surface area contributed by atoms with Crippen molar-refractivity contribution >= 4 is 22.2 Å². The molecule has 4 nitrogen and oxygen atoms in total. The summed E-state index contributed by atoms with van der Waals surface area (Å²) in [4.78, 5) is 5.99. The summed E-state index contributed by atoms with van der Waals surface area (Å²) in [6.07, 6.45) is 3.70. The molecule has 0 saturated heterocycles. The normalized spacial score (nSPS) is 27.3. The monoisotopic (exact) mass is 383 g/mol. The van der Waals surface area contributed by atoms with Gasteiger partial charge < -0.3 is 4.74 Å². The number of benzene rings is 1. The lowest BCUT2D eigenvalue weighted by Gasteiger charge is -2.34. The van der Waals surface area contributed by atoms with Crippen LogP contribution in [0.1, 0.15) is 51.8 Å². The summed E-state index contributed by atoms with van der Waals surface area (Å²) in [5, 5.41) is 5.69. The molecular weight excluding hydrogens is 354 g/mol. The second-order valence-corrected chi connectivity index (χ2v) is 9.75. The summed E-state index contributed by atoms with van der Waals surface area (Å²) in [7, 11) is 0. The zero-order chi connectivity index (χ0) is 19.2. The number of anilines is 1. The number of hydrogen-bond acceptors (Lipinski definition) is 5. The van der Waals surface area contributed by atoms with Gasteiger partial charge >= 0.3 is 0 Å². The lowest BCUT2D eigenvalue weighted by Crippen LogP contribution is -2.32. The van der Waals surface area contributed by atoms with Crippen molar-refractivity contribution in [1.29, 1.82) is 0 Å². The van der Waals surface area contributed by atoms with E-state index in [0.29, 0.717) is 12.0 Å². The van der Waals surface area contributed by atoms with Crippen molar-refractivity contribution in [2.75, 3.05) is 12.0 Å². The molecular formula is C22H29N3OS. The number of aromatic nitrogens is 1. The predicted molar refractivity (Wildman–Crippen MR) is 114 cm³/mol. The minimum absolute atomic E-state index is 0.217. The summed E-state index contributed by atoms with van der Waals surface area (Å²) >= 11 is 1.67. The molecule has 144 valence electrons. The van der Waals surface area contributed by atoms with Gasteiger partial charge in [-0.05, 0) is 68.7 Å². The van der Waals surface area contributed by atoms with Crippen molar-refractivity contribution in [3.8, 4) is 17.0 Å². The van der Waals surface area contributed by atoms with Gasteiger partial charge in [0.1, 0.15) is 5.75 Å². The molecule has 1 N–H and O–H groups in total. The second kappa shape index (κ2) is 6.62. The molecule has 0 unspecified atom stereocenters. The Morgan fingerprint density at radius 2 is 2.00 bits per heavy atom. The molecule has 2 fully saturated rings. The molecule has 2 atom stereocenters. The summed E-state index contributed by atoms with van der Waals surface area (Å²) in [6, 6.07) is 8.15. The van der Waals surface area contributed by atoms with E-state index in [2.05, 4.69) is 45.3 Å². The largest absolute Gasteiger partial charge is 0.494 e. The number of aryl methyl sites for hydroxylation is 1. The average molecular weight is 384 g/mol. The molecule has 2 saturated carbocycles. The topological polar surface area (TPSA) is 46.5 Å². The van der Waals surface area contributed by atoms with Gasteiger partial charge in [-0.15, -0.1) is 11.3 Å². The fraction of sp³-hybridized carbons (Fsp3) is 0.545. The number of thiazole rings is 1. The molecule has 4 rings (SSSR count). The minimum Gasteiger partial charge on any atom is -0.494 e. The van der Waals surface area contributed by atoms with E-state index < -0.39 is 0 Å². The average Bonchev–Trinajstić information content (AvgIpc) is 3.18. The third-order valence-electron chi connectivity index (χ3n) is 7.03. The van der Waals surface area contributed by atoms with Gasteiger partial charge in [-0.25, -0.2) is 4.98 Å². The number of nitrogens with one attached hydrogen (secondary N) is 1. The number of hydrazone groups is 1. The summed E-state index contributed by atoms with van der Waals surface area (Å²) < 4.78 is 5.53. The van der Waals surface area contributed by atoms with Crippen molar-refractivity contribution in [2.24, 2.45) is 21.8 Å². The Morgan fingerprint density at radius 1 is 1.26 bits per heavy atom. The number of fused-ring (bicyclic) bond motifs is 2. The first kappa shape index (κ1) is 18.5. The van der Waals surface area contributed by atoms with Crippen LogP contribution in [0.25, 0.3) is 11.3 Å². The quantitative estimate of drug-likeness (QED) is 0.632. The molecule has 1 heterocycles. The van der Waals surface area contributed by atoms with Gasteiger partial charge in [-0.3, -0.25) is 5.43 Å². The fourth-order valence-electron chi connectivity index (χ4n) is 4.80. The molecule has 2 bridgehead atoms. The second-order valence-electron chi connectivity index (χ2n) is 8.55. The maximum absolute atomic E-state index is 5.53. The van der Waals surface area contributed by atoms with E-state index in [4.69, 9.17) is 14.8 Å². The van der Waals surface area contributed by atoms with Gasteiger partial charge in [-0.1, -0.05) is 20.8 Å². The highest BCUT2D eigenvalue weighted by Crippen LogP contribution is 2.63. The van der Waals surface area contributed by atoms with Crippen LogP contribution in [0.2, 0.25) is 0 Å². The van der Waals surface area contributed by atoms with E-state index in [9.17, 15) is 0 Å². The Balaban J connectivity index is 1.53. The summed E-state index contributed by atoms with van der Waals surface area (Å²) in [6.45, 7) is 12.0. The zero-order valence-electron chi connectivity index (χ0n) is 16.9. The van der Waals surface area contributed by atoms with E-state index in [1.54, 1.807) is 11.3 Å². The molecule has 0 spiro atoms. The first-order valence-electron chi connectivity index (χ1n) is 9.89. The molecule has 2 aliphatic carbocycles. The first-order chi connectivity index (χ1) is 12.8. The van der Waals surface area contributed by atoms with Crippen LogP contribution in [-0.4, -0.2) is 17.3 Å². The lowest BCUT2D eigenvalue weighted by atomic mass is 9.70. The highest BCUT2D eigenvalue weighted by molar-refractivity contribution is 7.16. The first-order valence-corrected chi connectivity index (χ1v) is 10.7. The third-order valence-corrected chi connectivity index (χ3v) is 7.91. The van der Waals surface area contributed by atoms with Crippen molar-refractivity contribution in [1.82, 2.24) is 4.98 Å². The molecule has 2 aliphatic rings. The highest BCUT2D eigenvalue weighted by Gasteiger charge is 2.59. The fourth-order valence-corrected chi connectivity index (χ4v) is 5.58. The molecule has 1 aromatic carbocycles. The summed E-state index contributed by atoms with van der Waals surface area (Å²) in [5.41, 5.74) is 7.28. The highest BCUT2D eigenvalue weighted by atomic mass is 32.1. The molecule has 0 amide bonds. The van der Waals surface area contributed by atoms with E-state index in [0.717, 1.165) is 34.5 Å². The van der Waals surface area contributed by atoms with Crippen molar-refractivity contribution < 1.29 is 4.74 Å². The van der Waals surface area contributed by atoms with Gasteiger partial charge in [0.2, 0.25) is 5.13 Å². The molecule has 0 aliphatic heterocycles. The maximum Gasteiger partial charge on any atom is 0.204 e. The number of rotatable bonds is 5.